The second-order valence-corrected chi connectivity index (χ2v) is 3.01. The lowest BCUT2D eigenvalue weighted by Gasteiger charge is -2.12. The molecule has 0 rings (SSSR count). The van der Waals surface area contributed by atoms with E-state index in [-0.39, 0.29) is 13.2 Å². The molecule has 6 heteroatoms. The first-order valence-electron chi connectivity index (χ1n) is 3.04. The summed E-state index contributed by atoms with van der Waals surface area (Å²) in [5, 5.41) is 8.37. The van der Waals surface area contributed by atoms with Gasteiger partial charge in [-0.25, -0.2) is 8.42 Å². The first-order chi connectivity index (χ1) is 5.07. The molecule has 11 heavy (non-hydrogen) atoms. The van der Waals surface area contributed by atoms with Crippen LogP contribution in [0.5, 0.6) is 0 Å². The van der Waals surface area contributed by atoms with Crippen LogP contribution in [0.2, 0.25) is 0 Å². The zero-order valence-corrected chi connectivity index (χ0v) is 7.08. The van der Waals surface area contributed by atoms with Gasteiger partial charge < -0.3 is 10.0 Å². The molecule has 0 spiro atoms. The van der Waals surface area contributed by atoms with Gasteiger partial charge in [0.1, 0.15) is 16.5 Å². The average molecular weight is 181 g/mol. The lowest BCUT2D eigenvalue weighted by atomic mass is 10.5. The Morgan fingerprint density at radius 3 is 2.45 bits per heavy atom. The fraction of sp³-hybridized carbons (Fsp3) is 0.800. The molecule has 0 heterocycles. The van der Waals surface area contributed by atoms with E-state index >= 15 is 0 Å². The van der Waals surface area contributed by atoms with Gasteiger partial charge in [-0.15, -0.1) is 0 Å². The number of nitrogens with zero attached hydrogens (tertiary/aromatic N) is 1. The highest BCUT2D eigenvalue weighted by Gasteiger charge is 2.07. The van der Waals surface area contributed by atoms with E-state index in [0.29, 0.717) is 0 Å². The van der Waals surface area contributed by atoms with Gasteiger partial charge in [-0.1, -0.05) is 0 Å². The summed E-state index contributed by atoms with van der Waals surface area (Å²) in [4.78, 5) is 11.9. The van der Waals surface area contributed by atoms with Crippen LogP contribution in [0.4, 0.5) is 0 Å². The van der Waals surface area contributed by atoms with Crippen molar-refractivity contribution >= 4 is 16.6 Å². The number of rotatable bonds is 4. The molecule has 0 saturated heterocycles. The van der Waals surface area contributed by atoms with Gasteiger partial charge in [0.15, 0.2) is 0 Å². The predicted molar refractivity (Wildman–Crippen MR) is 39.9 cm³/mol. The predicted octanol–water partition coefficient (Wildman–Crippen LogP) is -1.95. The molecule has 0 bridgehead atoms. The van der Waals surface area contributed by atoms with E-state index < -0.39 is 22.4 Å². The molecule has 0 aliphatic heterocycles. The molecule has 0 saturated carbocycles. The summed E-state index contributed by atoms with van der Waals surface area (Å²) in [5.74, 6) is -0.971. The average Bonchev–Trinajstić information content (AvgIpc) is 1.86. The number of aliphatic hydroxyl groups excluding tert-OH is 1. The summed E-state index contributed by atoms with van der Waals surface area (Å²) in [7, 11) is -1.21. The number of hydrogen-bond acceptors (Lipinski definition) is 4. The molecule has 0 aromatic heterocycles. The molecule has 0 aliphatic rings. The van der Waals surface area contributed by atoms with Crippen LogP contribution in [0.3, 0.4) is 0 Å². The molecule has 0 fully saturated rings. The van der Waals surface area contributed by atoms with Crippen LogP contribution in [-0.4, -0.2) is 50.3 Å². The molecule has 1 N–H and O–H groups in total. The lowest BCUT2D eigenvalue weighted by Crippen LogP contribution is -2.32. The molecule has 0 atom stereocenters. The molecule has 0 aliphatic carbocycles. The Morgan fingerprint density at radius 1 is 1.55 bits per heavy atom. The van der Waals surface area contributed by atoms with Gasteiger partial charge >= 0.3 is 0 Å². The Morgan fingerprint density at radius 2 is 2.09 bits per heavy atom. The van der Waals surface area contributed by atoms with E-state index in [1.165, 1.54) is 11.9 Å². The molecule has 0 aromatic rings. The first-order valence-corrected chi connectivity index (χ1v) is 4.41. The van der Waals surface area contributed by atoms with Crippen LogP contribution in [0.25, 0.3) is 0 Å². The van der Waals surface area contributed by atoms with E-state index in [2.05, 4.69) is 0 Å². The Kier molecular flexibility index (Phi) is 4.80. The van der Waals surface area contributed by atoms with E-state index in [1.54, 1.807) is 0 Å². The van der Waals surface area contributed by atoms with Crippen molar-refractivity contribution in [2.75, 3.05) is 26.0 Å². The summed E-state index contributed by atoms with van der Waals surface area (Å²) in [6.45, 7) is 0.0138. The third-order valence-electron chi connectivity index (χ3n) is 1.13. The lowest BCUT2D eigenvalue weighted by molar-refractivity contribution is -0.127. The maximum atomic E-state index is 10.8. The smallest absolute Gasteiger partial charge is 0.237 e. The second kappa shape index (κ2) is 5.09. The molecule has 1 amide bonds. The zero-order valence-electron chi connectivity index (χ0n) is 6.19. The molecule has 66 valence electrons. The van der Waals surface area contributed by atoms with Gasteiger partial charge in [-0.2, -0.15) is 0 Å². The van der Waals surface area contributed by atoms with Gasteiger partial charge in [0.05, 0.1) is 6.61 Å². The van der Waals surface area contributed by atoms with Crippen LogP contribution in [0.15, 0.2) is 0 Å². The quantitative estimate of drug-likeness (QED) is 0.494. The topological polar surface area (TPSA) is 74.7 Å². The third-order valence-corrected chi connectivity index (χ3v) is 1.65. The van der Waals surface area contributed by atoms with Gasteiger partial charge in [0.2, 0.25) is 5.91 Å². The normalized spacial score (nSPS) is 10.1. The number of likely N-dealkylation sites (N-methyl/N-ethyl adjacent to an activating group) is 1. The standard InChI is InChI=1S/C5H11NO4S/c1-6(2-3-7)5(8)4-11(9)10/h7,11H,2-4H2,1H3. The largest absolute Gasteiger partial charge is 0.395 e. The fourth-order valence-electron chi connectivity index (χ4n) is 0.506. The molecular formula is C5H11NO4S. The molecule has 0 aromatic carbocycles. The number of thiol groups is 1. The van der Waals surface area contributed by atoms with Gasteiger partial charge in [-0.3, -0.25) is 4.79 Å². The van der Waals surface area contributed by atoms with Crippen molar-refractivity contribution in [1.29, 1.82) is 0 Å². The van der Waals surface area contributed by atoms with Crippen molar-refractivity contribution in [3.63, 3.8) is 0 Å². The highest BCUT2D eigenvalue weighted by Crippen LogP contribution is 1.83. The minimum absolute atomic E-state index is 0.155. The maximum Gasteiger partial charge on any atom is 0.237 e. The highest BCUT2D eigenvalue weighted by atomic mass is 32.2. The Labute approximate surface area is 66.6 Å². The highest BCUT2D eigenvalue weighted by molar-refractivity contribution is 7.73. The molecule has 5 nitrogen and oxygen atoms in total. The SMILES string of the molecule is CN(CCO)C(=O)C[SH](=O)=O. The Hall–Kier alpha value is -0.620. The summed E-state index contributed by atoms with van der Waals surface area (Å²) in [6.07, 6.45) is 0. The molecule has 0 radical (unpaired) electrons. The van der Waals surface area contributed by atoms with Crippen LogP contribution in [0.1, 0.15) is 0 Å². The summed E-state index contributed by atoms with van der Waals surface area (Å²) in [6, 6.07) is 0. The van der Waals surface area contributed by atoms with Crippen molar-refractivity contribution in [3.05, 3.63) is 0 Å². The summed E-state index contributed by atoms with van der Waals surface area (Å²) >= 11 is 0. The third kappa shape index (κ3) is 4.74. The van der Waals surface area contributed by atoms with E-state index in [9.17, 15) is 13.2 Å². The maximum absolute atomic E-state index is 10.8. The second-order valence-electron chi connectivity index (χ2n) is 2.03. The first kappa shape index (κ1) is 10.4. The van der Waals surface area contributed by atoms with E-state index in [0.717, 1.165) is 0 Å². The van der Waals surface area contributed by atoms with Gasteiger partial charge in [0, 0.05) is 13.6 Å². The summed E-state index contributed by atoms with van der Waals surface area (Å²) < 4.78 is 20.1. The number of carbonyl (C=O) groups excluding carboxylic acids is 1. The van der Waals surface area contributed by atoms with Crippen LogP contribution in [0, 0.1) is 0 Å². The van der Waals surface area contributed by atoms with Gasteiger partial charge in [0.25, 0.3) is 0 Å². The fourth-order valence-corrected chi connectivity index (χ4v) is 0.968. The van der Waals surface area contributed by atoms with Gasteiger partial charge in [-0.05, 0) is 0 Å². The molecular weight excluding hydrogens is 170 g/mol. The Balaban J connectivity index is 3.82. The van der Waals surface area contributed by atoms with Crippen molar-refractivity contribution < 1.29 is 18.3 Å². The van der Waals surface area contributed by atoms with E-state index in [4.69, 9.17) is 5.11 Å². The van der Waals surface area contributed by atoms with Crippen LogP contribution in [-0.2, 0) is 15.5 Å². The monoisotopic (exact) mass is 181 g/mol. The minimum Gasteiger partial charge on any atom is -0.395 e. The van der Waals surface area contributed by atoms with Crippen molar-refractivity contribution in [3.8, 4) is 0 Å². The van der Waals surface area contributed by atoms with Crippen molar-refractivity contribution in [2.24, 2.45) is 0 Å². The van der Waals surface area contributed by atoms with Crippen molar-refractivity contribution in [2.45, 2.75) is 0 Å². The van der Waals surface area contributed by atoms with Crippen LogP contribution >= 0.6 is 0 Å². The number of hydrogen-bond donors (Lipinski definition) is 2. The van der Waals surface area contributed by atoms with E-state index in [1.807, 2.05) is 0 Å². The van der Waals surface area contributed by atoms with Crippen LogP contribution < -0.4 is 0 Å². The van der Waals surface area contributed by atoms with Crippen molar-refractivity contribution in [1.82, 2.24) is 4.90 Å². The molecule has 0 unspecified atom stereocenters. The number of amides is 1. The minimum atomic E-state index is -2.66. The zero-order chi connectivity index (χ0) is 8.85. The number of carbonyl (C=O) groups is 1. The summed E-state index contributed by atoms with van der Waals surface area (Å²) in [5.41, 5.74) is 0. The Bertz CT molecular complexity index is 193. The number of aliphatic hydroxyl groups is 1.